The Morgan fingerprint density at radius 3 is 2.11 bits per heavy atom. The lowest BCUT2D eigenvalue weighted by Crippen LogP contribution is -2.19. The fourth-order valence-corrected chi connectivity index (χ4v) is 4.48. The molecule has 0 amide bonds. The molecule has 28 heavy (non-hydrogen) atoms. The summed E-state index contributed by atoms with van der Waals surface area (Å²) >= 11 is 12.6. The lowest BCUT2D eigenvalue weighted by atomic mass is 9.97. The SMILES string of the molecule is CS(=O)(=O)n1c(N)c(C#N)c(-c2c(Cl)cccc2Cl)c1C(=O)c1ccccc1. The van der Waals surface area contributed by atoms with Gasteiger partial charge in [-0.2, -0.15) is 5.26 Å². The number of aromatic nitrogens is 1. The van der Waals surface area contributed by atoms with Crippen LogP contribution in [0, 0.1) is 11.3 Å². The number of carbonyl (C=O) groups is 1. The first-order chi connectivity index (χ1) is 13.2. The van der Waals surface area contributed by atoms with Crippen molar-refractivity contribution in [2.24, 2.45) is 0 Å². The van der Waals surface area contributed by atoms with E-state index in [2.05, 4.69) is 0 Å². The normalized spacial score (nSPS) is 11.2. The number of halogens is 2. The number of anilines is 1. The number of benzene rings is 2. The molecule has 0 unspecified atom stereocenters. The van der Waals surface area contributed by atoms with Gasteiger partial charge >= 0.3 is 0 Å². The Morgan fingerprint density at radius 2 is 1.61 bits per heavy atom. The van der Waals surface area contributed by atoms with Crippen molar-refractivity contribution in [3.63, 3.8) is 0 Å². The highest BCUT2D eigenvalue weighted by molar-refractivity contribution is 7.89. The molecule has 0 bridgehead atoms. The molecule has 2 aromatic carbocycles. The van der Waals surface area contributed by atoms with Crippen LogP contribution in [0.25, 0.3) is 11.1 Å². The maximum Gasteiger partial charge on any atom is 0.237 e. The predicted octanol–water partition coefficient (Wildman–Crippen LogP) is 3.95. The maximum absolute atomic E-state index is 13.3. The molecule has 1 aromatic heterocycles. The number of nitrogens with two attached hydrogens (primary N) is 1. The van der Waals surface area contributed by atoms with Crippen LogP contribution in [0.3, 0.4) is 0 Å². The smallest absolute Gasteiger partial charge is 0.237 e. The van der Waals surface area contributed by atoms with Gasteiger partial charge in [-0.3, -0.25) is 4.79 Å². The zero-order valence-corrected chi connectivity index (χ0v) is 16.8. The molecule has 0 aliphatic heterocycles. The summed E-state index contributed by atoms with van der Waals surface area (Å²) in [7, 11) is -4.03. The topological polar surface area (TPSA) is 106 Å². The molecule has 142 valence electrons. The van der Waals surface area contributed by atoms with Gasteiger partial charge < -0.3 is 5.73 Å². The second-order valence-corrected chi connectivity index (χ2v) is 8.56. The third-order valence-corrected chi connectivity index (χ3v) is 5.74. The van der Waals surface area contributed by atoms with Crippen LogP contribution in [0.5, 0.6) is 0 Å². The van der Waals surface area contributed by atoms with Gasteiger partial charge in [-0.05, 0) is 12.1 Å². The van der Waals surface area contributed by atoms with Crippen LogP contribution >= 0.6 is 23.2 Å². The number of rotatable bonds is 4. The molecular formula is C19H13Cl2N3O3S. The van der Waals surface area contributed by atoms with Gasteiger partial charge in [0.2, 0.25) is 15.8 Å². The van der Waals surface area contributed by atoms with E-state index in [9.17, 15) is 18.5 Å². The van der Waals surface area contributed by atoms with Gasteiger partial charge in [0.15, 0.2) is 0 Å². The Balaban J connectivity index is 2.53. The number of carbonyl (C=O) groups excluding carboxylic acids is 1. The molecule has 0 aliphatic rings. The van der Waals surface area contributed by atoms with Crippen LogP contribution in [-0.2, 0) is 10.0 Å². The van der Waals surface area contributed by atoms with Gasteiger partial charge in [0.05, 0.1) is 16.3 Å². The maximum atomic E-state index is 13.3. The van der Waals surface area contributed by atoms with Gasteiger partial charge in [-0.15, -0.1) is 0 Å². The van der Waals surface area contributed by atoms with Crippen LogP contribution in [0.4, 0.5) is 5.82 Å². The summed E-state index contributed by atoms with van der Waals surface area (Å²) in [5, 5.41) is 9.96. The van der Waals surface area contributed by atoms with Crippen molar-refractivity contribution in [2.75, 3.05) is 12.0 Å². The summed E-state index contributed by atoms with van der Waals surface area (Å²) in [4.78, 5) is 13.3. The lowest BCUT2D eigenvalue weighted by Gasteiger charge is -2.12. The van der Waals surface area contributed by atoms with E-state index in [0.29, 0.717) is 3.97 Å². The van der Waals surface area contributed by atoms with Gasteiger partial charge in [-0.1, -0.05) is 59.6 Å². The van der Waals surface area contributed by atoms with Crippen molar-refractivity contribution in [3.05, 3.63) is 75.4 Å². The van der Waals surface area contributed by atoms with E-state index in [1.54, 1.807) is 24.3 Å². The number of nitriles is 1. The van der Waals surface area contributed by atoms with E-state index >= 15 is 0 Å². The minimum absolute atomic E-state index is 0.0186. The van der Waals surface area contributed by atoms with Crippen molar-refractivity contribution in [3.8, 4) is 17.2 Å². The first-order valence-corrected chi connectivity index (χ1v) is 10.5. The first kappa shape index (κ1) is 20.0. The molecule has 0 spiro atoms. The van der Waals surface area contributed by atoms with Crippen LogP contribution in [0.1, 0.15) is 21.6 Å². The van der Waals surface area contributed by atoms with Crippen molar-refractivity contribution < 1.29 is 13.2 Å². The Hall–Kier alpha value is -2.79. The Morgan fingerprint density at radius 1 is 1.04 bits per heavy atom. The molecular weight excluding hydrogens is 421 g/mol. The van der Waals surface area contributed by atoms with E-state index in [-0.39, 0.29) is 43.8 Å². The molecule has 0 saturated heterocycles. The standard InChI is InChI=1S/C19H13Cl2N3O3S/c1-28(26,27)24-17(18(25)11-6-3-2-4-7-11)15(12(10-22)19(24)23)16-13(20)8-5-9-14(16)21/h2-9H,23H2,1H3. The molecule has 6 nitrogen and oxygen atoms in total. The second kappa shape index (κ2) is 7.32. The summed E-state index contributed by atoms with van der Waals surface area (Å²) in [6.07, 6.45) is 0.893. The van der Waals surface area contributed by atoms with Crippen LogP contribution in [0.15, 0.2) is 48.5 Å². The van der Waals surface area contributed by atoms with E-state index in [1.165, 1.54) is 24.3 Å². The van der Waals surface area contributed by atoms with Crippen molar-refractivity contribution in [1.29, 1.82) is 5.26 Å². The molecule has 1 heterocycles. The predicted molar refractivity (Wildman–Crippen MR) is 109 cm³/mol. The van der Waals surface area contributed by atoms with Crippen LogP contribution < -0.4 is 5.73 Å². The molecule has 3 rings (SSSR count). The fraction of sp³-hybridized carbons (Fsp3) is 0.0526. The molecule has 0 fully saturated rings. The number of hydrogen-bond donors (Lipinski definition) is 1. The van der Waals surface area contributed by atoms with Gasteiger partial charge in [0.1, 0.15) is 23.1 Å². The molecule has 3 aromatic rings. The largest absolute Gasteiger partial charge is 0.383 e. The van der Waals surface area contributed by atoms with Crippen molar-refractivity contribution >= 4 is 44.8 Å². The summed E-state index contributed by atoms with van der Waals surface area (Å²) in [5.74, 6) is -1.01. The van der Waals surface area contributed by atoms with E-state index in [4.69, 9.17) is 28.9 Å². The Bertz CT molecular complexity index is 1220. The third-order valence-electron chi connectivity index (χ3n) is 4.07. The Kier molecular flexibility index (Phi) is 5.22. The van der Waals surface area contributed by atoms with Gasteiger partial charge in [0, 0.05) is 16.7 Å². The zero-order chi connectivity index (χ0) is 20.6. The zero-order valence-electron chi connectivity index (χ0n) is 14.5. The molecule has 9 heteroatoms. The Labute approximate surface area is 171 Å². The third kappa shape index (κ3) is 3.27. The minimum Gasteiger partial charge on any atom is -0.383 e. The highest BCUT2D eigenvalue weighted by atomic mass is 35.5. The highest BCUT2D eigenvalue weighted by Crippen LogP contribution is 2.43. The van der Waals surface area contributed by atoms with Gasteiger partial charge in [-0.25, -0.2) is 12.4 Å². The average Bonchev–Trinajstić information content (AvgIpc) is 2.94. The molecule has 0 radical (unpaired) electrons. The second-order valence-electron chi connectivity index (χ2n) is 5.91. The number of nitrogens with zero attached hydrogens (tertiary/aromatic N) is 2. The lowest BCUT2D eigenvalue weighted by molar-refractivity contribution is 0.103. The monoisotopic (exact) mass is 433 g/mol. The number of nitrogen functional groups attached to an aromatic ring is 1. The molecule has 0 aliphatic carbocycles. The summed E-state index contributed by atoms with van der Waals surface area (Å²) in [5.41, 5.74) is 5.85. The van der Waals surface area contributed by atoms with E-state index in [1.807, 2.05) is 6.07 Å². The fourth-order valence-electron chi connectivity index (χ4n) is 2.94. The van der Waals surface area contributed by atoms with Crippen LogP contribution in [0.2, 0.25) is 10.0 Å². The van der Waals surface area contributed by atoms with E-state index in [0.717, 1.165) is 6.26 Å². The quantitative estimate of drug-likeness (QED) is 0.626. The molecule has 0 atom stereocenters. The van der Waals surface area contributed by atoms with Crippen molar-refractivity contribution in [2.45, 2.75) is 0 Å². The van der Waals surface area contributed by atoms with Crippen LogP contribution in [-0.4, -0.2) is 24.4 Å². The summed E-state index contributed by atoms with van der Waals surface area (Å²) in [6.45, 7) is 0. The highest BCUT2D eigenvalue weighted by Gasteiger charge is 2.33. The summed E-state index contributed by atoms with van der Waals surface area (Å²) < 4.78 is 25.6. The molecule has 2 N–H and O–H groups in total. The summed E-state index contributed by atoms with van der Waals surface area (Å²) in [6, 6.07) is 14.6. The van der Waals surface area contributed by atoms with E-state index < -0.39 is 15.8 Å². The first-order valence-electron chi connectivity index (χ1n) is 7.87. The van der Waals surface area contributed by atoms with Gasteiger partial charge in [0.25, 0.3) is 0 Å². The number of ketones is 1. The molecule has 0 saturated carbocycles. The minimum atomic E-state index is -4.03. The average molecular weight is 434 g/mol. The van der Waals surface area contributed by atoms with Crippen molar-refractivity contribution in [1.82, 2.24) is 3.97 Å². The number of hydrogen-bond acceptors (Lipinski definition) is 5.